The van der Waals surface area contributed by atoms with Crippen LogP contribution in [0.4, 0.5) is 0 Å². The van der Waals surface area contributed by atoms with Gasteiger partial charge in [-0.2, -0.15) is 0 Å². The van der Waals surface area contributed by atoms with Crippen LogP contribution in [-0.2, 0) is 9.59 Å². The molecule has 1 amide bonds. The van der Waals surface area contributed by atoms with Gasteiger partial charge in [0.05, 0.1) is 31.9 Å². The molecule has 1 aromatic heterocycles. The summed E-state index contributed by atoms with van der Waals surface area (Å²) in [5, 5.41) is 10.9. The minimum Gasteiger partial charge on any atom is -0.507 e. The number of ketones is 1. The molecule has 2 aromatic rings. The molecule has 1 saturated heterocycles. The molecule has 3 rings (SSSR count). The molecule has 0 unspecified atom stereocenters. The minimum atomic E-state index is -0.681. The van der Waals surface area contributed by atoms with Crippen LogP contribution in [0.25, 0.3) is 5.76 Å². The first kappa shape index (κ1) is 19.8. The Morgan fingerprint density at radius 1 is 1.14 bits per heavy atom. The first-order valence-electron chi connectivity index (χ1n) is 9.45. The zero-order chi connectivity index (χ0) is 20.3. The van der Waals surface area contributed by atoms with Crippen molar-refractivity contribution in [1.29, 1.82) is 0 Å². The smallest absolute Gasteiger partial charge is 0.295 e. The van der Waals surface area contributed by atoms with E-state index in [0.717, 1.165) is 18.5 Å². The van der Waals surface area contributed by atoms with Gasteiger partial charge in [0, 0.05) is 24.7 Å². The Hall–Kier alpha value is -2.99. The molecule has 0 saturated carbocycles. The highest BCUT2D eigenvalue weighted by molar-refractivity contribution is 6.46. The van der Waals surface area contributed by atoms with E-state index in [9.17, 15) is 14.7 Å². The fraction of sp³-hybridized carbons (Fsp3) is 0.318. The number of aryl methyl sites for hydroxylation is 1. The van der Waals surface area contributed by atoms with Gasteiger partial charge in [-0.05, 0) is 19.1 Å². The molecule has 1 aromatic carbocycles. The maximum atomic E-state index is 12.8. The van der Waals surface area contributed by atoms with Crippen molar-refractivity contribution < 1.29 is 19.6 Å². The van der Waals surface area contributed by atoms with E-state index in [1.807, 2.05) is 39.2 Å². The van der Waals surface area contributed by atoms with E-state index >= 15 is 0 Å². The van der Waals surface area contributed by atoms with Crippen molar-refractivity contribution in [2.75, 3.05) is 27.2 Å². The third kappa shape index (κ3) is 3.97. The van der Waals surface area contributed by atoms with Gasteiger partial charge in [0.25, 0.3) is 11.7 Å². The molecule has 2 N–H and O–H groups in total. The van der Waals surface area contributed by atoms with Gasteiger partial charge >= 0.3 is 0 Å². The SMILES string of the molecule is Cc1ccc(/C(O)=C2\C(=O)C(=O)N(CCC[NH+](C)C)[C@@H]2c2ccccn2)cc1. The second-order valence-electron chi connectivity index (χ2n) is 7.42. The zero-order valence-electron chi connectivity index (χ0n) is 16.5. The molecular weight excluding hydrogens is 354 g/mol. The summed E-state index contributed by atoms with van der Waals surface area (Å²) in [6.07, 6.45) is 2.38. The summed E-state index contributed by atoms with van der Waals surface area (Å²) < 4.78 is 0. The number of carbonyl (C=O) groups is 2. The second-order valence-corrected chi connectivity index (χ2v) is 7.42. The summed E-state index contributed by atoms with van der Waals surface area (Å²) in [5.74, 6) is -1.40. The van der Waals surface area contributed by atoms with Crippen LogP contribution < -0.4 is 4.90 Å². The molecule has 1 atom stereocenters. The zero-order valence-corrected chi connectivity index (χ0v) is 16.5. The highest BCUT2D eigenvalue weighted by Gasteiger charge is 2.46. The average molecular weight is 380 g/mol. The number of carbonyl (C=O) groups excluding carboxylic acids is 2. The number of aliphatic hydroxyl groups excluding tert-OH is 1. The summed E-state index contributed by atoms with van der Waals surface area (Å²) in [6.45, 7) is 3.25. The van der Waals surface area contributed by atoms with Gasteiger partial charge in [-0.15, -0.1) is 0 Å². The number of pyridine rings is 1. The van der Waals surface area contributed by atoms with Crippen molar-refractivity contribution in [3.05, 3.63) is 71.1 Å². The molecule has 0 spiro atoms. The van der Waals surface area contributed by atoms with E-state index in [4.69, 9.17) is 0 Å². The Kier molecular flexibility index (Phi) is 5.90. The molecular formula is C22H26N3O3+. The van der Waals surface area contributed by atoms with Gasteiger partial charge in [0.2, 0.25) is 0 Å². The normalized spacial score (nSPS) is 18.9. The predicted octanol–water partition coefficient (Wildman–Crippen LogP) is 1.35. The largest absolute Gasteiger partial charge is 0.507 e. The number of benzene rings is 1. The van der Waals surface area contributed by atoms with Crippen LogP contribution in [0.3, 0.4) is 0 Å². The van der Waals surface area contributed by atoms with Crippen LogP contribution in [0.1, 0.15) is 29.3 Å². The number of quaternary nitrogens is 1. The van der Waals surface area contributed by atoms with Crippen molar-refractivity contribution in [3.8, 4) is 0 Å². The number of nitrogens with zero attached hydrogens (tertiary/aromatic N) is 2. The number of Topliss-reactive ketones (excluding diaryl/α,β-unsaturated/α-hetero) is 1. The predicted molar refractivity (Wildman–Crippen MR) is 107 cm³/mol. The van der Waals surface area contributed by atoms with Crippen molar-refractivity contribution in [1.82, 2.24) is 9.88 Å². The molecule has 1 aliphatic rings. The Bertz CT molecular complexity index is 889. The van der Waals surface area contributed by atoms with E-state index in [0.29, 0.717) is 17.8 Å². The molecule has 0 bridgehead atoms. The number of amides is 1. The third-order valence-corrected chi connectivity index (χ3v) is 4.91. The molecule has 0 aliphatic carbocycles. The lowest BCUT2D eigenvalue weighted by Gasteiger charge is -2.24. The Morgan fingerprint density at radius 2 is 1.86 bits per heavy atom. The lowest BCUT2D eigenvalue weighted by molar-refractivity contribution is -0.858. The topological polar surface area (TPSA) is 74.9 Å². The third-order valence-electron chi connectivity index (χ3n) is 4.91. The van der Waals surface area contributed by atoms with Gasteiger partial charge < -0.3 is 14.9 Å². The van der Waals surface area contributed by atoms with Gasteiger partial charge in [0.1, 0.15) is 11.8 Å². The molecule has 1 fully saturated rings. The first-order valence-corrected chi connectivity index (χ1v) is 9.45. The van der Waals surface area contributed by atoms with E-state index in [1.165, 1.54) is 9.80 Å². The second kappa shape index (κ2) is 8.35. The van der Waals surface area contributed by atoms with E-state index in [-0.39, 0.29) is 11.3 Å². The molecule has 0 radical (unpaired) electrons. The van der Waals surface area contributed by atoms with E-state index < -0.39 is 17.7 Å². The van der Waals surface area contributed by atoms with Crippen molar-refractivity contribution >= 4 is 17.4 Å². The monoisotopic (exact) mass is 380 g/mol. The van der Waals surface area contributed by atoms with Crippen LogP contribution in [0.2, 0.25) is 0 Å². The first-order chi connectivity index (χ1) is 13.4. The van der Waals surface area contributed by atoms with Crippen LogP contribution >= 0.6 is 0 Å². The summed E-state index contributed by atoms with van der Waals surface area (Å²) in [6, 6.07) is 11.9. The van der Waals surface area contributed by atoms with Gasteiger partial charge in [0.15, 0.2) is 0 Å². The lowest BCUT2D eigenvalue weighted by atomic mass is 9.98. The average Bonchev–Trinajstić information content (AvgIpc) is 2.93. The fourth-order valence-electron chi connectivity index (χ4n) is 3.43. The molecule has 1 aliphatic heterocycles. The number of aromatic nitrogens is 1. The van der Waals surface area contributed by atoms with Crippen LogP contribution in [-0.4, -0.2) is 53.9 Å². The number of rotatable bonds is 6. The summed E-state index contributed by atoms with van der Waals surface area (Å²) in [4.78, 5) is 32.8. The molecule has 6 heteroatoms. The number of hydrogen-bond acceptors (Lipinski definition) is 4. The quantitative estimate of drug-likeness (QED) is 0.451. The van der Waals surface area contributed by atoms with Gasteiger partial charge in [-0.3, -0.25) is 14.6 Å². The minimum absolute atomic E-state index is 0.102. The van der Waals surface area contributed by atoms with E-state index in [1.54, 1.807) is 30.5 Å². The summed E-state index contributed by atoms with van der Waals surface area (Å²) in [5.41, 5.74) is 2.24. The van der Waals surface area contributed by atoms with Crippen LogP contribution in [0.5, 0.6) is 0 Å². The highest BCUT2D eigenvalue weighted by atomic mass is 16.3. The fourth-order valence-corrected chi connectivity index (χ4v) is 3.43. The Balaban J connectivity index is 2.06. The lowest BCUT2D eigenvalue weighted by Crippen LogP contribution is -3.05. The van der Waals surface area contributed by atoms with Crippen LogP contribution in [0.15, 0.2) is 54.2 Å². The van der Waals surface area contributed by atoms with Gasteiger partial charge in [-0.25, -0.2) is 0 Å². The summed E-state index contributed by atoms with van der Waals surface area (Å²) >= 11 is 0. The molecule has 28 heavy (non-hydrogen) atoms. The Labute approximate surface area is 165 Å². The molecule has 6 nitrogen and oxygen atoms in total. The van der Waals surface area contributed by atoms with E-state index in [2.05, 4.69) is 4.98 Å². The Morgan fingerprint density at radius 3 is 2.46 bits per heavy atom. The van der Waals surface area contributed by atoms with Crippen molar-refractivity contribution in [2.45, 2.75) is 19.4 Å². The number of hydrogen-bond donors (Lipinski definition) is 2. The van der Waals surface area contributed by atoms with Crippen molar-refractivity contribution in [2.24, 2.45) is 0 Å². The van der Waals surface area contributed by atoms with Crippen LogP contribution in [0, 0.1) is 6.92 Å². The standard InChI is InChI=1S/C22H25N3O3/c1-15-8-10-16(11-9-15)20(26)18-19(17-7-4-5-12-23-17)25(22(28)21(18)27)14-6-13-24(2)3/h4-5,7-12,19,26H,6,13-14H2,1-3H3/p+1/b20-18+/t19-/m1/s1. The number of nitrogens with one attached hydrogen (secondary N) is 1. The maximum absolute atomic E-state index is 12.8. The highest BCUT2D eigenvalue weighted by Crippen LogP contribution is 2.38. The summed E-state index contributed by atoms with van der Waals surface area (Å²) in [7, 11) is 4.09. The van der Waals surface area contributed by atoms with Gasteiger partial charge in [-0.1, -0.05) is 35.9 Å². The maximum Gasteiger partial charge on any atom is 0.295 e. The number of aliphatic hydroxyl groups is 1. The van der Waals surface area contributed by atoms with Crippen molar-refractivity contribution in [3.63, 3.8) is 0 Å². The molecule has 146 valence electrons. The molecule has 2 heterocycles. The number of likely N-dealkylation sites (tertiary alicyclic amines) is 1.